The summed E-state index contributed by atoms with van der Waals surface area (Å²) >= 11 is 0. The number of hydrogen-bond acceptors (Lipinski definition) is 4. The van der Waals surface area contributed by atoms with E-state index in [2.05, 4.69) is 10.2 Å². The van der Waals surface area contributed by atoms with Crippen molar-refractivity contribution in [1.29, 1.82) is 0 Å². The van der Waals surface area contributed by atoms with E-state index in [-0.39, 0.29) is 24.7 Å². The van der Waals surface area contributed by atoms with E-state index in [1.807, 2.05) is 0 Å². The quantitative estimate of drug-likeness (QED) is 0.804. The van der Waals surface area contributed by atoms with Crippen molar-refractivity contribution < 1.29 is 26.8 Å². The minimum atomic E-state index is -4.78. The molecular weight excluding hydrogens is 330 g/mol. The lowest BCUT2D eigenvalue weighted by molar-refractivity contribution is -0.184. The van der Waals surface area contributed by atoms with Gasteiger partial charge in [0.1, 0.15) is 6.04 Å². The van der Waals surface area contributed by atoms with Crippen LogP contribution < -0.4 is 0 Å². The van der Waals surface area contributed by atoms with Crippen LogP contribution in [0.5, 0.6) is 0 Å². The van der Waals surface area contributed by atoms with Crippen LogP contribution in [0.2, 0.25) is 0 Å². The molecule has 1 aliphatic rings. The number of carbonyl (C=O) groups excluding carboxylic acids is 1. The van der Waals surface area contributed by atoms with Crippen LogP contribution in [-0.2, 0) is 17.8 Å². The Labute approximate surface area is 134 Å². The molecule has 128 valence electrons. The van der Waals surface area contributed by atoms with Crippen molar-refractivity contribution in [3.63, 3.8) is 0 Å². The minimum Gasteiger partial charge on any atom is -0.423 e. The Morgan fingerprint density at radius 2 is 1.96 bits per heavy atom. The van der Waals surface area contributed by atoms with Gasteiger partial charge in [0.05, 0.1) is 0 Å². The number of halogens is 4. The van der Waals surface area contributed by atoms with Gasteiger partial charge in [-0.3, -0.25) is 4.79 Å². The van der Waals surface area contributed by atoms with Crippen molar-refractivity contribution in [3.8, 4) is 0 Å². The maximum atomic E-state index is 13.6. The number of aryl methyl sites for hydroxylation is 1. The fourth-order valence-electron chi connectivity index (χ4n) is 2.69. The van der Waals surface area contributed by atoms with E-state index in [0.29, 0.717) is 10.5 Å². The number of amides is 1. The van der Waals surface area contributed by atoms with Crippen molar-refractivity contribution in [2.24, 2.45) is 0 Å². The predicted octanol–water partition coefficient (Wildman–Crippen LogP) is 2.90. The van der Waals surface area contributed by atoms with Crippen LogP contribution >= 0.6 is 0 Å². The molecule has 24 heavy (non-hydrogen) atoms. The summed E-state index contributed by atoms with van der Waals surface area (Å²) in [7, 11) is 0. The second-order valence-corrected chi connectivity index (χ2v) is 5.50. The Kier molecular flexibility index (Phi) is 4.02. The molecule has 5 nitrogen and oxygen atoms in total. The van der Waals surface area contributed by atoms with Crippen LogP contribution in [-0.4, -0.2) is 33.4 Å². The molecule has 1 amide bonds. The molecule has 9 heteroatoms. The van der Waals surface area contributed by atoms with Crippen LogP contribution in [0.4, 0.5) is 17.6 Å². The lowest BCUT2D eigenvalue weighted by Gasteiger charge is -2.36. The van der Waals surface area contributed by atoms with Crippen LogP contribution in [0.3, 0.4) is 0 Å². The Morgan fingerprint density at radius 3 is 2.54 bits per heavy atom. The van der Waals surface area contributed by atoms with E-state index >= 15 is 0 Å². The monoisotopic (exact) mass is 343 g/mol. The molecule has 3 rings (SSSR count). The fourth-order valence-corrected chi connectivity index (χ4v) is 2.69. The molecule has 0 spiro atoms. The van der Waals surface area contributed by atoms with Crippen molar-refractivity contribution in [2.75, 3.05) is 0 Å². The topological polar surface area (TPSA) is 59.2 Å². The highest BCUT2D eigenvalue weighted by molar-refractivity contribution is 5.84. The highest BCUT2D eigenvalue weighted by Crippen LogP contribution is 2.36. The number of hydrogen-bond donors (Lipinski definition) is 0. The highest BCUT2D eigenvalue weighted by Gasteiger charge is 2.53. The molecule has 1 unspecified atom stereocenters. The summed E-state index contributed by atoms with van der Waals surface area (Å²) in [6.07, 6.45) is -3.96. The molecule has 0 N–H and O–H groups in total. The third kappa shape index (κ3) is 2.74. The van der Waals surface area contributed by atoms with Gasteiger partial charge in [-0.2, -0.15) is 8.78 Å². The summed E-state index contributed by atoms with van der Waals surface area (Å²) in [5.74, 6) is -6.59. The molecule has 0 bridgehead atoms. The fraction of sp³-hybridized carbons (Fsp3) is 0.400. The maximum absolute atomic E-state index is 13.6. The van der Waals surface area contributed by atoms with Crippen LogP contribution in [0.15, 0.2) is 28.7 Å². The molecule has 0 saturated heterocycles. The molecule has 0 fully saturated rings. The zero-order valence-corrected chi connectivity index (χ0v) is 12.5. The molecular formula is C15H13F4N3O2. The van der Waals surface area contributed by atoms with E-state index in [9.17, 15) is 22.4 Å². The molecule has 0 radical (unpaired) electrons. The zero-order chi connectivity index (χ0) is 17.5. The van der Waals surface area contributed by atoms with E-state index in [1.165, 1.54) is 6.92 Å². The summed E-state index contributed by atoms with van der Waals surface area (Å²) in [5, 5.41) is 7.38. The van der Waals surface area contributed by atoms with Crippen LogP contribution in [0, 0.1) is 6.92 Å². The Hall–Kier alpha value is -2.45. The smallest absolute Gasteiger partial charge is 0.383 e. The van der Waals surface area contributed by atoms with Crippen LogP contribution in [0.25, 0.3) is 0 Å². The number of fused-ring (bicyclic) bond motifs is 1. The molecule has 0 saturated carbocycles. The van der Waals surface area contributed by atoms with Crippen LogP contribution in [0.1, 0.15) is 29.0 Å². The minimum absolute atomic E-state index is 0.0552. The predicted molar refractivity (Wildman–Crippen MR) is 73.4 cm³/mol. The van der Waals surface area contributed by atoms with Crippen molar-refractivity contribution >= 4 is 5.91 Å². The van der Waals surface area contributed by atoms with Crippen molar-refractivity contribution in [2.45, 2.75) is 38.3 Å². The van der Waals surface area contributed by atoms with E-state index in [0.717, 1.165) is 5.56 Å². The SMILES string of the molecule is Cc1nnc(C2Cc3ccccc3CN2C(=O)C(F)(F)C(F)F)o1. The summed E-state index contributed by atoms with van der Waals surface area (Å²) in [4.78, 5) is 12.7. The zero-order valence-electron chi connectivity index (χ0n) is 12.5. The average Bonchev–Trinajstić information content (AvgIpc) is 2.99. The second kappa shape index (κ2) is 5.88. The first-order chi connectivity index (χ1) is 11.3. The third-order valence-corrected chi connectivity index (χ3v) is 3.90. The third-order valence-electron chi connectivity index (χ3n) is 3.90. The molecule has 2 heterocycles. The lowest BCUT2D eigenvalue weighted by Crippen LogP contribution is -2.50. The summed E-state index contributed by atoms with van der Waals surface area (Å²) in [6, 6.07) is 5.87. The van der Waals surface area contributed by atoms with Gasteiger partial charge < -0.3 is 9.32 Å². The van der Waals surface area contributed by atoms with Crippen molar-refractivity contribution in [1.82, 2.24) is 15.1 Å². The first-order valence-electron chi connectivity index (χ1n) is 7.14. The lowest BCUT2D eigenvalue weighted by atomic mass is 9.93. The first-order valence-corrected chi connectivity index (χ1v) is 7.14. The van der Waals surface area contributed by atoms with Gasteiger partial charge in [0.25, 0.3) is 5.91 Å². The Balaban J connectivity index is 2.02. The van der Waals surface area contributed by atoms with Gasteiger partial charge in [0.2, 0.25) is 11.8 Å². The second-order valence-electron chi connectivity index (χ2n) is 5.50. The first kappa shape index (κ1) is 16.4. The number of aromatic nitrogens is 2. The van der Waals surface area contributed by atoms with E-state index < -0.39 is 24.3 Å². The van der Waals surface area contributed by atoms with E-state index in [4.69, 9.17) is 4.42 Å². The molecule has 1 aromatic carbocycles. The summed E-state index contributed by atoms with van der Waals surface area (Å²) in [5.41, 5.74) is 1.42. The average molecular weight is 343 g/mol. The number of rotatable bonds is 3. The standard InChI is InChI=1S/C15H13F4N3O2/c1-8-20-21-12(24-8)11-6-9-4-2-3-5-10(9)7-22(11)14(23)15(18,19)13(16)17/h2-5,11,13H,6-7H2,1H3. The van der Waals surface area contributed by atoms with Gasteiger partial charge in [0.15, 0.2) is 0 Å². The normalized spacial score (nSPS) is 17.9. The highest BCUT2D eigenvalue weighted by atomic mass is 19.3. The largest absolute Gasteiger partial charge is 0.423 e. The van der Waals surface area contributed by atoms with Gasteiger partial charge in [-0.25, -0.2) is 8.78 Å². The molecule has 2 aromatic rings. The Bertz CT molecular complexity index is 763. The molecule has 1 aliphatic heterocycles. The van der Waals surface area contributed by atoms with Gasteiger partial charge >= 0.3 is 12.3 Å². The number of benzene rings is 1. The number of nitrogens with zero attached hydrogens (tertiary/aromatic N) is 3. The molecule has 1 atom stereocenters. The van der Waals surface area contributed by atoms with Gasteiger partial charge in [0, 0.05) is 19.9 Å². The van der Waals surface area contributed by atoms with Gasteiger partial charge in [-0.15, -0.1) is 10.2 Å². The number of alkyl halides is 4. The molecule has 0 aliphatic carbocycles. The van der Waals surface area contributed by atoms with E-state index in [1.54, 1.807) is 24.3 Å². The summed E-state index contributed by atoms with van der Waals surface area (Å²) in [6.45, 7) is 1.27. The maximum Gasteiger partial charge on any atom is 0.383 e. The molecule has 1 aromatic heterocycles. The van der Waals surface area contributed by atoms with Gasteiger partial charge in [-0.1, -0.05) is 24.3 Å². The van der Waals surface area contributed by atoms with Crippen molar-refractivity contribution in [3.05, 3.63) is 47.2 Å². The van der Waals surface area contributed by atoms with Gasteiger partial charge in [-0.05, 0) is 11.1 Å². The Morgan fingerprint density at radius 1 is 1.29 bits per heavy atom. The number of carbonyl (C=O) groups is 1. The summed E-state index contributed by atoms with van der Waals surface area (Å²) < 4.78 is 57.6.